The molecule has 7 heteroatoms. The highest BCUT2D eigenvalue weighted by Crippen LogP contribution is 2.23. The summed E-state index contributed by atoms with van der Waals surface area (Å²) in [4.78, 5) is 9.07. The second kappa shape index (κ2) is 2.80. The van der Waals surface area contributed by atoms with Gasteiger partial charge in [0.2, 0.25) is 0 Å². The van der Waals surface area contributed by atoms with Gasteiger partial charge in [-0.15, -0.1) is 4.39 Å². The Morgan fingerprint density at radius 2 is 1.80 bits per heavy atom. The van der Waals surface area contributed by atoms with Crippen LogP contribution in [0.3, 0.4) is 0 Å². The van der Waals surface area contributed by atoms with Crippen LogP contribution in [0.4, 0.5) is 26.7 Å². The van der Waals surface area contributed by atoms with Crippen LogP contribution < -0.4 is 0 Å². The van der Waals surface area contributed by atoms with E-state index < -0.39 is 18.8 Å². The molecule has 0 bridgehead atoms. The molecule has 60 valence electrons. The molecule has 0 aromatic rings. The SMILES string of the molecule is O=C(F)OC(F)C(F)(F)F. The van der Waals surface area contributed by atoms with Gasteiger partial charge in [0.1, 0.15) is 0 Å². The number of carbonyl (C=O) groups excluding carboxylic acids is 1. The van der Waals surface area contributed by atoms with Gasteiger partial charge in [0.25, 0.3) is 0 Å². The van der Waals surface area contributed by atoms with E-state index in [-0.39, 0.29) is 0 Å². The van der Waals surface area contributed by atoms with Crippen LogP contribution in [0.25, 0.3) is 0 Å². The lowest BCUT2D eigenvalue weighted by Gasteiger charge is -2.09. The van der Waals surface area contributed by atoms with Crippen molar-refractivity contribution >= 4 is 6.22 Å². The van der Waals surface area contributed by atoms with Gasteiger partial charge in [0.15, 0.2) is 0 Å². The number of alkyl halides is 4. The molecule has 0 saturated carbocycles. The molecule has 0 radical (unpaired) electrons. The second-order valence-electron chi connectivity index (χ2n) is 1.21. The van der Waals surface area contributed by atoms with Gasteiger partial charge in [0, 0.05) is 0 Å². The van der Waals surface area contributed by atoms with Crippen molar-refractivity contribution < 1.29 is 31.5 Å². The molecule has 0 saturated heterocycles. The summed E-state index contributed by atoms with van der Waals surface area (Å²) in [5.41, 5.74) is 0. The van der Waals surface area contributed by atoms with E-state index in [4.69, 9.17) is 4.79 Å². The molecule has 0 aliphatic carbocycles. The number of hydrogen-bond donors (Lipinski definition) is 0. The molecule has 1 atom stereocenters. The van der Waals surface area contributed by atoms with Crippen LogP contribution >= 0.6 is 0 Å². The fourth-order valence-corrected chi connectivity index (χ4v) is 0.148. The zero-order valence-electron chi connectivity index (χ0n) is 4.28. The summed E-state index contributed by atoms with van der Waals surface area (Å²) in [7, 11) is 0. The minimum Gasteiger partial charge on any atom is -0.396 e. The van der Waals surface area contributed by atoms with Crippen LogP contribution in [0, 0.1) is 0 Å². The fraction of sp³-hybridized carbons (Fsp3) is 0.667. The van der Waals surface area contributed by atoms with Gasteiger partial charge in [-0.25, -0.2) is 4.79 Å². The van der Waals surface area contributed by atoms with Crippen molar-refractivity contribution in [3.8, 4) is 0 Å². The molecule has 0 amide bonds. The first-order chi connectivity index (χ1) is 4.34. The molecule has 0 aromatic carbocycles. The third-order valence-electron chi connectivity index (χ3n) is 0.453. The Morgan fingerprint density at radius 1 is 1.40 bits per heavy atom. The fourth-order valence-electron chi connectivity index (χ4n) is 0.148. The van der Waals surface area contributed by atoms with E-state index in [2.05, 4.69) is 4.74 Å². The largest absolute Gasteiger partial charge is 0.498 e. The number of rotatable bonds is 1. The maximum atomic E-state index is 11.4. The van der Waals surface area contributed by atoms with Crippen LogP contribution in [0.5, 0.6) is 0 Å². The quantitative estimate of drug-likeness (QED) is 0.437. The molecule has 0 N–H and O–H groups in total. The average molecular weight is 164 g/mol. The van der Waals surface area contributed by atoms with E-state index in [9.17, 15) is 22.0 Å². The Bertz CT molecular complexity index is 129. The third kappa shape index (κ3) is 3.21. The van der Waals surface area contributed by atoms with Crippen molar-refractivity contribution in [2.75, 3.05) is 0 Å². The van der Waals surface area contributed by atoms with Crippen LogP contribution in [0.15, 0.2) is 0 Å². The molecule has 0 aromatic heterocycles. The average Bonchev–Trinajstić information content (AvgIpc) is 1.60. The molecule has 0 rings (SSSR count). The van der Waals surface area contributed by atoms with Gasteiger partial charge in [-0.3, -0.25) is 0 Å². The van der Waals surface area contributed by atoms with Crippen molar-refractivity contribution in [1.82, 2.24) is 0 Å². The Balaban J connectivity index is 3.85. The Hall–Kier alpha value is -0.880. The van der Waals surface area contributed by atoms with E-state index in [1.165, 1.54) is 0 Å². The molecule has 0 fully saturated rings. The maximum Gasteiger partial charge on any atom is 0.498 e. The number of hydrogen-bond acceptors (Lipinski definition) is 2. The Labute approximate surface area is 51.6 Å². The third-order valence-corrected chi connectivity index (χ3v) is 0.453. The minimum atomic E-state index is -5.36. The number of ether oxygens (including phenoxy) is 1. The van der Waals surface area contributed by atoms with Gasteiger partial charge in [0.05, 0.1) is 0 Å². The molecule has 2 nitrogen and oxygen atoms in total. The zero-order valence-corrected chi connectivity index (χ0v) is 4.28. The van der Waals surface area contributed by atoms with Crippen molar-refractivity contribution in [2.45, 2.75) is 12.5 Å². The molecule has 1 unspecified atom stereocenters. The highest BCUT2D eigenvalue weighted by Gasteiger charge is 2.43. The summed E-state index contributed by atoms with van der Waals surface area (Å²) < 4.78 is 57.7. The number of halogens is 5. The predicted octanol–water partition coefficient (Wildman–Crippen LogP) is 1.95. The molecule has 0 aliphatic rings. The van der Waals surface area contributed by atoms with E-state index in [1.54, 1.807) is 0 Å². The molecule has 0 heterocycles. The van der Waals surface area contributed by atoms with Crippen molar-refractivity contribution in [3.05, 3.63) is 0 Å². The molecule has 10 heavy (non-hydrogen) atoms. The number of carbonyl (C=O) groups is 1. The van der Waals surface area contributed by atoms with E-state index >= 15 is 0 Å². The Kier molecular flexibility index (Phi) is 2.56. The van der Waals surface area contributed by atoms with Gasteiger partial charge in [-0.2, -0.15) is 17.6 Å². The highest BCUT2D eigenvalue weighted by molar-refractivity contribution is 5.58. The van der Waals surface area contributed by atoms with E-state index in [0.29, 0.717) is 0 Å². The molecule has 0 aliphatic heterocycles. The monoisotopic (exact) mass is 164 g/mol. The highest BCUT2D eigenvalue weighted by atomic mass is 19.4. The van der Waals surface area contributed by atoms with E-state index in [1.807, 2.05) is 0 Å². The first kappa shape index (κ1) is 9.12. The second-order valence-corrected chi connectivity index (χ2v) is 1.21. The lowest BCUT2D eigenvalue weighted by Crippen LogP contribution is -2.28. The van der Waals surface area contributed by atoms with Crippen molar-refractivity contribution in [2.24, 2.45) is 0 Å². The van der Waals surface area contributed by atoms with Crippen molar-refractivity contribution in [1.29, 1.82) is 0 Å². The van der Waals surface area contributed by atoms with Crippen LogP contribution in [0.2, 0.25) is 0 Å². The van der Waals surface area contributed by atoms with Crippen LogP contribution in [-0.4, -0.2) is 18.8 Å². The molecule has 0 spiro atoms. The molecular weight excluding hydrogens is 163 g/mol. The van der Waals surface area contributed by atoms with Crippen LogP contribution in [0.1, 0.15) is 0 Å². The summed E-state index contributed by atoms with van der Waals surface area (Å²) >= 11 is 0. The topological polar surface area (TPSA) is 26.3 Å². The lowest BCUT2D eigenvalue weighted by atomic mass is 10.7. The summed E-state index contributed by atoms with van der Waals surface area (Å²) in [6, 6.07) is 0. The van der Waals surface area contributed by atoms with E-state index in [0.717, 1.165) is 0 Å². The predicted molar refractivity (Wildman–Crippen MR) is 18.5 cm³/mol. The van der Waals surface area contributed by atoms with Gasteiger partial charge in [-0.1, -0.05) is 0 Å². The zero-order chi connectivity index (χ0) is 8.36. The lowest BCUT2D eigenvalue weighted by molar-refractivity contribution is -0.247. The standard InChI is InChI=1S/C3HF5O2/c4-1(3(6,7)8)10-2(5)9/h1H. The first-order valence-electron chi connectivity index (χ1n) is 1.91. The van der Waals surface area contributed by atoms with Gasteiger partial charge in [-0.05, 0) is 0 Å². The van der Waals surface area contributed by atoms with Crippen LogP contribution in [-0.2, 0) is 4.74 Å². The summed E-state index contributed by atoms with van der Waals surface area (Å²) in [5.74, 6) is 0. The Morgan fingerprint density at radius 3 is 1.90 bits per heavy atom. The van der Waals surface area contributed by atoms with Gasteiger partial charge < -0.3 is 4.74 Å². The summed E-state index contributed by atoms with van der Waals surface area (Å²) in [5, 5.41) is 0. The van der Waals surface area contributed by atoms with Gasteiger partial charge >= 0.3 is 18.8 Å². The minimum absolute atomic E-state index is 2.52. The maximum absolute atomic E-state index is 11.4. The smallest absolute Gasteiger partial charge is 0.396 e. The molecular formula is C3HF5O2. The van der Waals surface area contributed by atoms with Crippen molar-refractivity contribution in [3.63, 3.8) is 0 Å². The summed E-state index contributed by atoms with van der Waals surface area (Å²) in [6.45, 7) is 0. The summed E-state index contributed by atoms with van der Waals surface area (Å²) in [6.07, 6.45) is -12.0. The first-order valence-corrected chi connectivity index (χ1v) is 1.91. The normalized spacial score (nSPS) is 14.5.